The Bertz CT molecular complexity index is 967. The van der Waals surface area contributed by atoms with Crippen molar-refractivity contribution in [2.75, 3.05) is 47.5 Å². The molecule has 0 rings (SSSR count). The third-order valence-corrected chi connectivity index (χ3v) is 10.6. The number of hydrogen-bond acceptors (Lipinski definition) is 7. The fourth-order valence-corrected chi connectivity index (χ4v) is 6.85. The van der Waals surface area contributed by atoms with Crippen LogP contribution in [0.25, 0.3) is 0 Å². The topological polar surface area (TPSA) is 108 Å². The maximum atomic E-state index is 12.7. The van der Waals surface area contributed by atoms with Crippen LogP contribution in [-0.2, 0) is 32.7 Å². The summed E-state index contributed by atoms with van der Waals surface area (Å²) >= 11 is 0. The second-order valence-corrected chi connectivity index (χ2v) is 17.6. The molecule has 0 amide bonds. The molecular weight excluding hydrogens is 701 g/mol. The van der Waals surface area contributed by atoms with Crippen molar-refractivity contribution in [3.05, 3.63) is 24.8 Å². The number of quaternary nitrogens is 1. The first kappa shape index (κ1) is 52.5. The zero-order valence-corrected chi connectivity index (χ0v) is 36.4. The van der Waals surface area contributed by atoms with Crippen molar-refractivity contribution in [1.82, 2.24) is 0 Å². The summed E-state index contributed by atoms with van der Waals surface area (Å²) in [5, 5.41) is 0. The lowest BCUT2D eigenvalue weighted by Gasteiger charge is -2.24. The van der Waals surface area contributed by atoms with E-state index in [2.05, 4.69) is 25.7 Å². The van der Waals surface area contributed by atoms with Crippen LogP contribution < -0.4 is 0 Å². The van der Waals surface area contributed by atoms with Gasteiger partial charge >= 0.3 is 19.8 Å². The lowest BCUT2D eigenvalue weighted by molar-refractivity contribution is -0.870. The number of likely N-dealkylation sites (N-methyl/N-ethyl adjacent to an activating group) is 1. The fraction of sp³-hybridized carbons (Fsp3) is 0.864. The largest absolute Gasteiger partial charge is 0.472 e. The summed E-state index contributed by atoms with van der Waals surface area (Å²) in [5.74, 6) is -0.822. The number of allylic oxidation sites excluding steroid dienone is 3. The first-order valence-electron chi connectivity index (χ1n) is 22.0. The lowest BCUT2D eigenvalue weighted by Crippen LogP contribution is -2.37. The van der Waals surface area contributed by atoms with Gasteiger partial charge in [0.25, 0.3) is 0 Å². The summed E-state index contributed by atoms with van der Waals surface area (Å²) in [4.78, 5) is 35.3. The van der Waals surface area contributed by atoms with Gasteiger partial charge in [0.1, 0.15) is 19.8 Å². The van der Waals surface area contributed by atoms with Gasteiger partial charge < -0.3 is 18.9 Å². The minimum Gasteiger partial charge on any atom is -0.462 e. The molecule has 0 fully saturated rings. The van der Waals surface area contributed by atoms with Crippen LogP contribution in [-0.4, -0.2) is 74.9 Å². The Labute approximate surface area is 332 Å². The number of carbonyl (C=O) groups excluding carboxylic acids is 2. The molecule has 0 aromatic heterocycles. The van der Waals surface area contributed by atoms with E-state index in [0.717, 1.165) is 38.5 Å². The Kier molecular flexibility index (Phi) is 36.1. The highest BCUT2D eigenvalue weighted by Crippen LogP contribution is 2.43. The molecule has 0 spiro atoms. The van der Waals surface area contributed by atoms with E-state index in [4.69, 9.17) is 18.5 Å². The van der Waals surface area contributed by atoms with Gasteiger partial charge in [-0.15, -0.1) is 6.58 Å². The van der Waals surface area contributed by atoms with E-state index in [-0.39, 0.29) is 32.0 Å². The van der Waals surface area contributed by atoms with Crippen molar-refractivity contribution >= 4 is 19.8 Å². The third kappa shape index (κ3) is 40.2. The van der Waals surface area contributed by atoms with E-state index in [9.17, 15) is 19.0 Å². The summed E-state index contributed by atoms with van der Waals surface area (Å²) < 4.78 is 34.3. The van der Waals surface area contributed by atoms with Crippen molar-refractivity contribution in [3.8, 4) is 0 Å². The first-order valence-corrected chi connectivity index (χ1v) is 23.5. The van der Waals surface area contributed by atoms with Gasteiger partial charge in [0.15, 0.2) is 6.10 Å². The van der Waals surface area contributed by atoms with E-state index >= 15 is 0 Å². The Morgan fingerprint density at radius 3 is 1.54 bits per heavy atom. The molecule has 0 aliphatic heterocycles. The van der Waals surface area contributed by atoms with Crippen LogP contribution in [0.1, 0.15) is 193 Å². The van der Waals surface area contributed by atoms with Gasteiger partial charge in [-0.2, -0.15) is 0 Å². The molecule has 54 heavy (non-hydrogen) atoms. The first-order chi connectivity index (χ1) is 26.0. The van der Waals surface area contributed by atoms with Gasteiger partial charge in [-0.3, -0.25) is 18.6 Å². The molecule has 0 aromatic carbocycles. The van der Waals surface area contributed by atoms with Crippen LogP contribution in [0.5, 0.6) is 0 Å². The van der Waals surface area contributed by atoms with E-state index in [1.54, 1.807) is 0 Å². The number of phosphoric acid groups is 1. The molecule has 0 aliphatic rings. The van der Waals surface area contributed by atoms with Gasteiger partial charge in [0, 0.05) is 12.8 Å². The average Bonchev–Trinajstić information content (AvgIpc) is 3.12. The monoisotopic (exact) mass is 787 g/mol. The van der Waals surface area contributed by atoms with Crippen molar-refractivity contribution in [3.63, 3.8) is 0 Å². The number of ether oxygens (including phenoxy) is 2. The van der Waals surface area contributed by atoms with E-state index in [0.29, 0.717) is 23.9 Å². The second-order valence-electron chi connectivity index (χ2n) is 16.2. The van der Waals surface area contributed by atoms with Crippen LogP contribution >= 0.6 is 7.82 Å². The van der Waals surface area contributed by atoms with Gasteiger partial charge in [-0.05, 0) is 51.4 Å². The van der Waals surface area contributed by atoms with Crippen LogP contribution in [0.15, 0.2) is 24.8 Å². The molecule has 1 N–H and O–H groups in total. The maximum absolute atomic E-state index is 12.7. The highest BCUT2D eigenvalue weighted by Gasteiger charge is 2.27. The van der Waals surface area contributed by atoms with Crippen molar-refractivity contribution in [2.24, 2.45) is 0 Å². The van der Waals surface area contributed by atoms with Gasteiger partial charge in [0.05, 0.1) is 27.7 Å². The lowest BCUT2D eigenvalue weighted by atomic mass is 10.0. The Morgan fingerprint density at radius 2 is 1.04 bits per heavy atom. The van der Waals surface area contributed by atoms with Crippen LogP contribution in [0.4, 0.5) is 0 Å². The minimum absolute atomic E-state index is 0.0296. The van der Waals surface area contributed by atoms with Crippen LogP contribution in [0.3, 0.4) is 0 Å². The molecule has 0 radical (unpaired) electrons. The van der Waals surface area contributed by atoms with Crippen molar-refractivity contribution in [2.45, 2.75) is 199 Å². The van der Waals surface area contributed by atoms with E-state index in [1.165, 1.54) is 122 Å². The number of hydrogen-bond donors (Lipinski definition) is 1. The zero-order valence-electron chi connectivity index (χ0n) is 35.6. The van der Waals surface area contributed by atoms with E-state index in [1.807, 2.05) is 27.2 Å². The molecule has 2 atom stereocenters. The predicted octanol–water partition coefficient (Wildman–Crippen LogP) is 12.4. The van der Waals surface area contributed by atoms with Crippen LogP contribution in [0.2, 0.25) is 0 Å². The molecule has 0 bridgehead atoms. The Morgan fingerprint density at radius 1 is 0.611 bits per heavy atom. The zero-order chi connectivity index (χ0) is 40.0. The Hall–Kier alpha value is -1.51. The predicted molar refractivity (Wildman–Crippen MR) is 224 cm³/mol. The smallest absolute Gasteiger partial charge is 0.462 e. The molecule has 10 heteroatoms. The summed E-state index contributed by atoms with van der Waals surface area (Å²) in [6.45, 7) is 5.93. The molecule has 0 saturated heterocycles. The van der Waals surface area contributed by atoms with Crippen LogP contribution in [0, 0.1) is 0 Å². The number of esters is 2. The summed E-state index contributed by atoms with van der Waals surface area (Å²) in [7, 11) is 1.47. The van der Waals surface area contributed by atoms with Gasteiger partial charge in [-0.25, -0.2) is 4.57 Å². The molecule has 318 valence electrons. The number of phosphoric ester groups is 1. The summed E-state index contributed by atoms with van der Waals surface area (Å²) in [5.41, 5.74) is 0. The molecule has 0 aromatic rings. The third-order valence-electron chi connectivity index (χ3n) is 9.60. The molecule has 0 heterocycles. The SMILES string of the molecule is C=CCCCCCCCCCCCCCCCC(=O)O[C@H](COC(=O)CCCC/C=C/CCCCCCCCCCC)COP(=O)(O)OCC[N+](C)(C)C. The minimum atomic E-state index is -4.37. The number of carbonyl (C=O) groups is 2. The molecule has 0 saturated carbocycles. The quantitative estimate of drug-likeness (QED) is 0.0215. The molecular formula is C44H85NO8P+. The highest BCUT2D eigenvalue weighted by molar-refractivity contribution is 7.47. The average molecular weight is 787 g/mol. The Balaban J connectivity index is 4.36. The maximum Gasteiger partial charge on any atom is 0.472 e. The fourth-order valence-electron chi connectivity index (χ4n) is 6.11. The highest BCUT2D eigenvalue weighted by atomic mass is 31.2. The molecule has 9 nitrogen and oxygen atoms in total. The summed E-state index contributed by atoms with van der Waals surface area (Å²) in [6, 6.07) is 0. The molecule has 1 unspecified atom stereocenters. The normalized spacial score (nSPS) is 13.6. The van der Waals surface area contributed by atoms with Gasteiger partial charge in [-0.1, -0.05) is 147 Å². The summed E-state index contributed by atoms with van der Waals surface area (Å²) in [6.07, 6.45) is 38.3. The standard InChI is InChI=1S/C44H84NO8P/c1-6-8-10-12-14-16-18-20-22-24-26-28-30-32-34-36-43(46)50-40-42(41-52-54(48,49)51-39-38-45(3,4)5)53-44(47)37-35-33-31-29-27-25-23-21-19-17-15-13-11-9-7-2/h7,26,28,42H,2,6,8-25,27,29-41H2,1,3-5H3/p+1/b28-26+/t42-/m1/s1. The van der Waals surface area contributed by atoms with Crippen molar-refractivity contribution < 1.29 is 42.1 Å². The second kappa shape index (κ2) is 37.1. The number of nitrogens with zero attached hydrogens (tertiary/aromatic N) is 1. The molecule has 0 aliphatic carbocycles. The number of unbranched alkanes of at least 4 members (excludes halogenated alkanes) is 24. The van der Waals surface area contributed by atoms with Crippen molar-refractivity contribution in [1.29, 1.82) is 0 Å². The van der Waals surface area contributed by atoms with E-state index < -0.39 is 26.5 Å². The van der Waals surface area contributed by atoms with Gasteiger partial charge in [0.2, 0.25) is 0 Å². The number of rotatable bonds is 41.